The maximum Gasteiger partial charge on any atom is 0.339 e. The molecule has 0 spiro atoms. The molecule has 0 bridgehead atoms. The largest absolute Gasteiger partial charge is 0.462 e. The molecule has 0 N–H and O–H groups in total. The van der Waals surface area contributed by atoms with Crippen LogP contribution in [0, 0.1) is 5.92 Å². The minimum absolute atomic E-state index is 0.278. The van der Waals surface area contributed by atoms with Crippen LogP contribution in [0.2, 0.25) is 0 Å². The molecule has 0 atom stereocenters. The topological polar surface area (TPSA) is 39.2 Å². The molecule has 1 fully saturated rings. The van der Waals surface area contributed by atoms with Crippen molar-refractivity contribution in [1.82, 2.24) is 4.98 Å². The summed E-state index contributed by atoms with van der Waals surface area (Å²) in [5.41, 5.74) is 0.511. The molecule has 1 aliphatic rings. The molecule has 0 saturated heterocycles. The zero-order chi connectivity index (χ0) is 11.4. The Hall–Kier alpha value is -0.900. The maximum absolute atomic E-state index is 11.6. The van der Waals surface area contributed by atoms with Crippen molar-refractivity contribution in [2.75, 3.05) is 6.61 Å². The minimum Gasteiger partial charge on any atom is -0.462 e. The first-order valence-electron chi connectivity index (χ1n) is 5.54. The van der Waals surface area contributed by atoms with Crippen LogP contribution in [-0.2, 0) is 4.74 Å². The van der Waals surface area contributed by atoms with Crippen LogP contribution in [0.4, 0.5) is 0 Å². The van der Waals surface area contributed by atoms with Crippen molar-refractivity contribution in [1.29, 1.82) is 0 Å². The monoisotopic (exact) mass is 283 g/mol. The molecule has 86 valence electrons. The summed E-state index contributed by atoms with van der Waals surface area (Å²) in [5, 5.41) is 0. The summed E-state index contributed by atoms with van der Waals surface area (Å²) in [6.45, 7) is 0.527. The number of ether oxygens (including phenoxy) is 1. The van der Waals surface area contributed by atoms with E-state index >= 15 is 0 Å². The quantitative estimate of drug-likeness (QED) is 0.629. The second-order valence-corrected chi connectivity index (χ2v) is 4.90. The number of hydrogen-bond donors (Lipinski definition) is 0. The predicted molar refractivity (Wildman–Crippen MR) is 64.2 cm³/mol. The number of esters is 1. The third-order valence-electron chi connectivity index (χ3n) is 2.95. The highest BCUT2D eigenvalue weighted by molar-refractivity contribution is 9.10. The molecule has 1 saturated carbocycles. The normalized spacial score (nSPS) is 15.6. The van der Waals surface area contributed by atoms with Gasteiger partial charge in [-0.15, -0.1) is 0 Å². The van der Waals surface area contributed by atoms with E-state index in [2.05, 4.69) is 20.9 Å². The molecule has 16 heavy (non-hydrogen) atoms. The van der Waals surface area contributed by atoms with Crippen molar-refractivity contribution in [3.8, 4) is 0 Å². The molecular formula is C12H14BrNO2. The van der Waals surface area contributed by atoms with Crippen LogP contribution in [0.5, 0.6) is 0 Å². The van der Waals surface area contributed by atoms with Gasteiger partial charge in [-0.25, -0.2) is 9.78 Å². The first-order valence-corrected chi connectivity index (χ1v) is 6.33. The average molecular weight is 284 g/mol. The summed E-state index contributed by atoms with van der Waals surface area (Å²) < 4.78 is 5.90. The van der Waals surface area contributed by atoms with Crippen LogP contribution >= 0.6 is 15.9 Å². The van der Waals surface area contributed by atoms with Gasteiger partial charge in [-0.1, -0.05) is 19.3 Å². The van der Waals surface area contributed by atoms with Gasteiger partial charge in [-0.2, -0.15) is 0 Å². The van der Waals surface area contributed by atoms with E-state index in [1.54, 1.807) is 12.1 Å². The zero-order valence-electron chi connectivity index (χ0n) is 8.99. The van der Waals surface area contributed by atoms with E-state index < -0.39 is 0 Å². The third-order valence-corrected chi connectivity index (χ3v) is 3.42. The molecule has 4 heteroatoms. The van der Waals surface area contributed by atoms with Gasteiger partial charge in [-0.05, 0) is 40.4 Å². The first-order chi connectivity index (χ1) is 7.75. The summed E-state index contributed by atoms with van der Waals surface area (Å²) in [5.74, 6) is 0.496. The Morgan fingerprint density at radius 3 is 2.88 bits per heavy atom. The molecule has 0 unspecified atom stereocenters. The van der Waals surface area contributed by atoms with Crippen molar-refractivity contribution in [2.45, 2.75) is 25.7 Å². The van der Waals surface area contributed by atoms with Gasteiger partial charge in [0, 0.05) is 6.20 Å². The molecule has 1 aromatic heterocycles. The van der Waals surface area contributed by atoms with Crippen molar-refractivity contribution < 1.29 is 9.53 Å². The van der Waals surface area contributed by atoms with E-state index in [1.165, 1.54) is 25.5 Å². The number of carbonyl (C=O) groups is 1. The summed E-state index contributed by atoms with van der Waals surface area (Å²) in [7, 11) is 0. The Labute approximate surface area is 103 Å². The fraction of sp³-hybridized carbons (Fsp3) is 0.500. The lowest BCUT2D eigenvalue weighted by Gasteiger charge is -2.24. The lowest BCUT2D eigenvalue weighted by Crippen LogP contribution is -2.15. The minimum atomic E-state index is -0.278. The van der Waals surface area contributed by atoms with Crippen LogP contribution < -0.4 is 0 Å². The fourth-order valence-electron chi connectivity index (χ4n) is 1.68. The Morgan fingerprint density at radius 1 is 1.50 bits per heavy atom. The summed E-state index contributed by atoms with van der Waals surface area (Å²) in [6, 6.07) is 3.45. The molecule has 3 nitrogen and oxygen atoms in total. The van der Waals surface area contributed by atoms with Crippen molar-refractivity contribution >= 4 is 21.9 Å². The third kappa shape index (κ3) is 3.04. The highest BCUT2D eigenvalue weighted by atomic mass is 79.9. The lowest BCUT2D eigenvalue weighted by atomic mass is 9.83. The van der Waals surface area contributed by atoms with E-state index in [0.717, 1.165) is 16.9 Å². The number of carbonyl (C=O) groups excluding carboxylic acids is 1. The van der Waals surface area contributed by atoms with Gasteiger partial charge in [-0.3, -0.25) is 0 Å². The van der Waals surface area contributed by atoms with Crippen LogP contribution in [-0.4, -0.2) is 17.6 Å². The van der Waals surface area contributed by atoms with E-state index in [9.17, 15) is 4.79 Å². The zero-order valence-corrected chi connectivity index (χ0v) is 10.6. The average Bonchev–Trinajstić information content (AvgIpc) is 2.22. The number of halogens is 1. The van der Waals surface area contributed by atoms with Gasteiger partial charge in [0.2, 0.25) is 0 Å². The molecule has 1 aromatic rings. The van der Waals surface area contributed by atoms with Gasteiger partial charge in [0.05, 0.1) is 12.2 Å². The fourth-order valence-corrected chi connectivity index (χ4v) is 1.91. The molecule has 1 aliphatic carbocycles. The Morgan fingerprint density at radius 2 is 2.31 bits per heavy atom. The summed E-state index contributed by atoms with van der Waals surface area (Å²) >= 11 is 3.22. The summed E-state index contributed by atoms with van der Waals surface area (Å²) in [4.78, 5) is 15.6. The van der Waals surface area contributed by atoms with Crippen LogP contribution in [0.3, 0.4) is 0 Å². The molecule has 0 amide bonds. The Kier molecular flexibility index (Phi) is 3.93. The first kappa shape index (κ1) is 11.6. The van der Waals surface area contributed by atoms with Gasteiger partial charge >= 0.3 is 5.97 Å². The molecule has 1 heterocycles. The lowest BCUT2D eigenvalue weighted by molar-refractivity contribution is 0.0464. The predicted octanol–water partition coefficient (Wildman–Crippen LogP) is 3.19. The Bertz CT molecular complexity index is 360. The number of hydrogen-bond acceptors (Lipinski definition) is 3. The van der Waals surface area contributed by atoms with Gasteiger partial charge in [0.25, 0.3) is 0 Å². The van der Waals surface area contributed by atoms with E-state index in [4.69, 9.17) is 4.74 Å². The highest BCUT2D eigenvalue weighted by Gasteiger charge is 2.17. The SMILES string of the molecule is O=C(OCCC1CCC1)c1ccc(Br)nc1. The van der Waals surface area contributed by atoms with Gasteiger partial charge in [0.1, 0.15) is 4.60 Å². The molecule has 0 aliphatic heterocycles. The van der Waals surface area contributed by atoms with Gasteiger partial charge < -0.3 is 4.74 Å². The van der Waals surface area contributed by atoms with Gasteiger partial charge in [0.15, 0.2) is 0 Å². The van der Waals surface area contributed by atoms with E-state index in [-0.39, 0.29) is 5.97 Å². The second kappa shape index (κ2) is 5.43. The second-order valence-electron chi connectivity index (χ2n) is 4.09. The smallest absolute Gasteiger partial charge is 0.339 e. The number of pyridine rings is 1. The Balaban J connectivity index is 1.76. The number of nitrogens with zero attached hydrogens (tertiary/aromatic N) is 1. The van der Waals surface area contributed by atoms with Crippen LogP contribution in [0.15, 0.2) is 22.9 Å². The number of rotatable bonds is 4. The molecule has 0 aromatic carbocycles. The summed E-state index contributed by atoms with van der Waals surface area (Å²) in [6.07, 6.45) is 6.43. The van der Waals surface area contributed by atoms with Crippen molar-refractivity contribution in [2.24, 2.45) is 5.92 Å². The van der Waals surface area contributed by atoms with E-state index in [1.807, 2.05) is 0 Å². The highest BCUT2D eigenvalue weighted by Crippen LogP contribution is 2.29. The molecule has 2 rings (SSSR count). The van der Waals surface area contributed by atoms with E-state index in [0.29, 0.717) is 12.2 Å². The van der Waals surface area contributed by atoms with Crippen molar-refractivity contribution in [3.05, 3.63) is 28.5 Å². The van der Waals surface area contributed by atoms with Crippen LogP contribution in [0.25, 0.3) is 0 Å². The maximum atomic E-state index is 11.6. The standard InChI is InChI=1S/C12H14BrNO2/c13-11-5-4-10(8-14-11)12(15)16-7-6-9-2-1-3-9/h4-5,8-9H,1-3,6-7H2. The van der Waals surface area contributed by atoms with Crippen LogP contribution in [0.1, 0.15) is 36.0 Å². The molecule has 0 radical (unpaired) electrons. The molecular weight excluding hydrogens is 270 g/mol. The van der Waals surface area contributed by atoms with Crippen molar-refractivity contribution in [3.63, 3.8) is 0 Å². The number of aromatic nitrogens is 1.